The number of aliphatic hydroxyl groups is 1. The summed E-state index contributed by atoms with van der Waals surface area (Å²) < 4.78 is 6.23. The van der Waals surface area contributed by atoms with Gasteiger partial charge in [-0.1, -0.05) is 48.0 Å². The van der Waals surface area contributed by atoms with Crippen LogP contribution in [0, 0.1) is 6.92 Å². The first-order chi connectivity index (χ1) is 18.0. The SMILES string of the molecule is Cc1ccc(-c2cc(-c3ccc4c(c3)CCC(CNCC(O)c3cccnc3)O4)ccc2C(=O)O)cc1. The van der Waals surface area contributed by atoms with Crippen LogP contribution < -0.4 is 10.1 Å². The molecule has 3 aromatic carbocycles. The zero-order valence-corrected chi connectivity index (χ0v) is 20.7. The van der Waals surface area contributed by atoms with E-state index >= 15 is 0 Å². The molecule has 0 aliphatic carbocycles. The monoisotopic (exact) mass is 494 g/mol. The van der Waals surface area contributed by atoms with Crippen LogP contribution in [0.15, 0.2) is 85.2 Å². The second-order valence-electron chi connectivity index (χ2n) is 9.49. The molecule has 1 aliphatic heterocycles. The molecule has 0 bridgehead atoms. The number of aliphatic hydroxyl groups excluding tert-OH is 1. The Morgan fingerprint density at radius 2 is 1.81 bits per heavy atom. The molecule has 37 heavy (non-hydrogen) atoms. The van der Waals surface area contributed by atoms with Gasteiger partial charge in [0, 0.05) is 31.0 Å². The van der Waals surface area contributed by atoms with Crippen LogP contribution in [0.2, 0.25) is 0 Å². The highest BCUT2D eigenvalue weighted by Crippen LogP contribution is 2.35. The first-order valence-electron chi connectivity index (χ1n) is 12.5. The van der Waals surface area contributed by atoms with Gasteiger partial charge in [-0.15, -0.1) is 0 Å². The van der Waals surface area contributed by atoms with E-state index in [0.717, 1.165) is 52.0 Å². The lowest BCUT2D eigenvalue weighted by atomic mass is 9.92. The number of hydrogen-bond donors (Lipinski definition) is 3. The largest absolute Gasteiger partial charge is 0.489 e. The van der Waals surface area contributed by atoms with Gasteiger partial charge in [0.1, 0.15) is 11.9 Å². The van der Waals surface area contributed by atoms with Gasteiger partial charge in [0.05, 0.1) is 11.7 Å². The molecule has 0 saturated carbocycles. The number of rotatable bonds is 8. The summed E-state index contributed by atoms with van der Waals surface area (Å²) in [5, 5.41) is 23.4. The fourth-order valence-corrected chi connectivity index (χ4v) is 4.72. The summed E-state index contributed by atoms with van der Waals surface area (Å²) in [7, 11) is 0. The summed E-state index contributed by atoms with van der Waals surface area (Å²) in [6.07, 6.45) is 4.55. The Morgan fingerprint density at radius 1 is 1.05 bits per heavy atom. The van der Waals surface area contributed by atoms with Crippen molar-refractivity contribution in [2.24, 2.45) is 0 Å². The van der Waals surface area contributed by atoms with Crippen LogP contribution in [0.5, 0.6) is 5.75 Å². The molecular formula is C31H30N2O4. The lowest BCUT2D eigenvalue weighted by Gasteiger charge is -2.27. The van der Waals surface area contributed by atoms with Gasteiger partial charge in [-0.2, -0.15) is 0 Å². The molecule has 0 spiro atoms. The number of aromatic nitrogens is 1. The summed E-state index contributed by atoms with van der Waals surface area (Å²) in [4.78, 5) is 15.9. The van der Waals surface area contributed by atoms with Crippen LogP contribution in [0.1, 0.15) is 39.6 Å². The van der Waals surface area contributed by atoms with Gasteiger partial charge in [-0.05, 0) is 77.9 Å². The van der Waals surface area contributed by atoms with E-state index in [4.69, 9.17) is 4.74 Å². The van der Waals surface area contributed by atoms with E-state index in [2.05, 4.69) is 16.4 Å². The van der Waals surface area contributed by atoms with E-state index in [1.54, 1.807) is 18.5 Å². The fourth-order valence-electron chi connectivity index (χ4n) is 4.72. The Balaban J connectivity index is 1.28. The van der Waals surface area contributed by atoms with Crippen LogP contribution in [0.4, 0.5) is 0 Å². The van der Waals surface area contributed by atoms with Crippen LogP contribution in [0.3, 0.4) is 0 Å². The Morgan fingerprint density at radius 3 is 2.57 bits per heavy atom. The molecule has 5 rings (SSSR count). The third-order valence-electron chi connectivity index (χ3n) is 6.81. The van der Waals surface area contributed by atoms with Crippen LogP contribution in [0.25, 0.3) is 22.3 Å². The minimum Gasteiger partial charge on any atom is -0.489 e. The van der Waals surface area contributed by atoms with E-state index in [0.29, 0.717) is 18.7 Å². The summed E-state index contributed by atoms with van der Waals surface area (Å²) in [6, 6.07) is 23.3. The summed E-state index contributed by atoms with van der Waals surface area (Å²) >= 11 is 0. The van der Waals surface area contributed by atoms with Gasteiger partial charge in [0.15, 0.2) is 0 Å². The number of aryl methyl sites for hydroxylation is 2. The molecular weight excluding hydrogens is 464 g/mol. The molecule has 1 aliphatic rings. The third-order valence-corrected chi connectivity index (χ3v) is 6.81. The second-order valence-corrected chi connectivity index (χ2v) is 9.49. The molecule has 6 nitrogen and oxygen atoms in total. The molecule has 2 unspecified atom stereocenters. The average Bonchev–Trinajstić information content (AvgIpc) is 2.93. The molecule has 2 heterocycles. The zero-order valence-electron chi connectivity index (χ0n) is 20.7. The predicted octanol–water partition coefficient (Wildman–Crippen LogP) is 5.44. The number of fused-ring (bicyclic) bond motifs is 1. The summed E-state index contributed by atoms with van der Waals surface area (Å²) in [5.41, 5.74) is 6.94. The molecule has 0 amide bonds. The van der Waals surface area contributed by atoms with Crippen molar-refractivity contribution in [3.05, 3.63) is 107 Å². The van der Waals surface area contributed by atoms with Gasteiger partial charge >= 0.3 is 5.97 Å². The number of carboxylic acids is 1. The molecule has 0 saturated heterocycles. The van der Waals surface area contributed by atoms with Gasteiger partial charge in [-0.3, -0.25) is 4.98 Å². The van der Waals surface area contributed by atoms with Crippen molar-refractivity contribution in [3.8, 4) is 28.0 Å². The topological polar surface area (TPSA) is 91.7 Å². The fraction of sp³-hybridized carbons (Fsp3) is 0.226. The van der Waals surface area contributed by atoms with Crippen molar-refractivity contribution in [1.29, 1.82) is 0 Å². The number of pyridine rings is 1. The molecule has 0 radical (unpaired) electrons. The van der Waals surface area contributed by atoms with Gasteiger partial charge < -0.3 is 20.3 Å². The van der Waals surface area contributed by atoms with E-state index < -0.39 is 12.1 Å². The minimum absolute atomic E-state index is 0.0300. The number of carboxylic acid groups (broad SMARTS) is 1. The van der Waals surface area contributed by atoms with E-state index in [9.17, 15) is 15.0 Å². The predicted molar refractivity (Wildman–Crippen MR) is 144 cm³/mol. The van der Waals surface area contributed by atoms with Crippen LogP contribution >= 0.6 is 0 Å². The number of carbonyl (C=O) groups is 1. The number of benzene rings is 3. The van der Waals surface area contributed by atoms with E-state index in [1.807, 2.05) is 67.6 Å². The average molecular weight is 495 g/mol. The maximum atomic E-state index is 11.9. The lowest BCUT2D eigenvalue weighted by molar-refractivity contribution is 0.0697. The van der Waals surface area contributed by atoms with Crippen molar-refractivity contribution >= 4 is 5.97 Å². The van der Waals surface area contributed by atoms with E-state index in [-0.39, 0.29) is 11.7 Å². The van der Waals surface area contributed by atoms with Crippen molar-refractivity contribution in [2.45, 2.75) is 32.0 Å². The van der Waals surface area contributed by atoms with Crippen molar-refractivity contribution in [1.82, 2.24) is 10.3 Å². The number of nitrogens with zero attached hydrogens (tertiary/aromatic N) is 1. The lowest BCUT2D eigenvalue weighted by Crippen LogP contribution is -2.36. The van der Waals surface area contributed by atoms with Crippen molar-refractivity contribution in [2.75, 3.05) is 13.1 Å². The van der Waals surface area contributed by atoms with Crippen molar-refractivity contribution < 1.29 is 19.7 Å². The molecule has 6 heteroatoms. The highest BCUT2D eigenvalue weighted by Gasteiger charge is 2.21. The quantitative estimate of drug-likeness (QED) is 0.302. The maximum Gasteiger partial charge on any atom is 0.336 e. The molecule has 2 atom stereocenters. The summed E-state index contributed by atoms with van der Waals surface area (Å²) in [6.45, 7) is 3.10. The third kappa shape index (κ3) is 5.71. The van der Waals surface area contributed by atoms with Crippen LogP contribution in [-0.2, 0) is 6.42 Å². The Kier molecular flexibility index (Phi) is 7.30. The maximum absolute atomic E-state index is 11.9. The number of hydrogen-bond acceptors (Lipinski definition) is 5. The molecule has 4 aromatic rings. The first-order valence-corrected chi connectivity index (χ1v) is 12.5. The smallest absolute Gasteiger partial charge is 0.336 e. The number of aromatic carboxylic acids is 1. The van der Waals surface area contributed by atoms with E-state index in [1.165, 1.54) is 0 Å². The highest BCUT2D eigenvalue weighted by atomic mass is 16.5. The summed E-state index contributed by atoms with van der Waals surface area (Å²) in [5.74, 6) is -0.0657. The zero-order chi connectivity index (χ0) is 25.8. The number of nitrogens with one attached hydrogen (secondary N) is 1. The Bertz CT molecular complexity index is 1390. The first kappa shape index (κ1) is 24.7. The van der Waals surface area contributed by atoms with Crippen molar-refractivity contribution in [3.63, 3.8) is 0 Å². The molecule has 188 valence electrons. The minimum atomic E-state index is -0.937. The van der Waals surface area contributed by atoms with Gasteiger partial charge in [-0.25, -0.2) is 4.79 Å². The standard InChI is InChI=1S/C31H30N2O4/c1-20-4-6-21(7-5-20)28-16-23(9-12-27(28)31(35)36)22-10-13-30-24(15-22)8-11-26(37-30)18-33-19-29(34)25-3-2-14-32-17-25/h2-7,9-10,12-17,26,29,33-34H,8,11,18-19H2,1H3,(H,35,36). The van der Waals surface area contributed by atoms with Crippen LogP contribution in [-0.4, -0.2) is 40.4 Å². The second kappa shape index (κ2) is 10.9. The number of ether oxygens (including phenoxy) is 1. The van der Waals surface area contributed by atoms with Gasteiger partial charge in [0.2, 0.25) is 0 Å². The Hall–Kier alpha value is -4.00. The normalized spacial score (nSPS) is 15.5. The van der Waals surface area contributed by atoms with Gasteiger partial charge in [0.25, 0.3) is 0 Å². The molecule has 3 N–H and O–H groups in total. The Labute approximate surface area is 216 Å². The molecule has 1 aromatic heterocycles. The molecule has 0 fully saturated rings. The highest BCUT2D eigenvalue weighted by molar-refractivity contribution is 5.97.